The third kappa shape index (κ3) is 3.86. The van der Waals surface area contributed by atoms with Gasteiger partial charge in [-0.15, -0.1) is 0 Å². The number of pyridine rings is 1. The molecule has 28 heavy (non-hydrogen) atoms. The maximum absolute atomic E-state index is 14.0. The molecule has 1 atom stereocenters. The summed E-state index contributed by atoms with van der Waals surface area (Å²) in [5.41, 5.74) is 0.0541. The highest BCUT2D eigenvalue weighted by molar-refractivity contribution is 7.97. The number of carbonyl (C=O) groups excluding carboxylic acids is 2. The van der Waals surface area contributed by atoms with Gasteiger partial charge in [0.25, 0.3) is 0 Å². The number of fused-ring (bicyclic) bond motifs is 1. The van der Waals surface area contributed by atoms with Crippen LogP contribution in [0.25, 0.3) is 0 Å². The predicted octanol–water partition coefficient (Wildman–Crippen LogP) is 3.10. The SMILES string of the molecule is CC(NC(=O)CN1Sc2c(ccc(F)c2F)NC1=O)c1ncc(C#N)cc1F. The fraction of sp³-hybridized carbons (Fsp3) is 0.176. The molecule has 0 radical (unpaired) electrons. The number of nitrogens with one attached hydrogen (secondary N) is 2. The molecule has 3 rings (SSSR count). The number of hydrogen-bond acceptors (Lipinski definition) is 5. The van der Waals surface area contributed by atoms with Gasteiger partial charge in [0.15, 0.2) is 11.6 Å². The highest BCUT2D eigenvalue weighted by atomic mass is 32.2. The number of nitrogens with zero attached hydrogens (tertiary/aromatic N) is 3. The summed E-state index contributed by atoms with van der Waals surface area (Å²) < 4.78 is 42.2. The molecule has 0 aliphatic carbocycles. The van der Waals surface area contributed by atoms with Gasteiger partial charge < -0.3 is 10.6 Å². The van der Waals surface area contributed by atoms with Gasteiger partial charge in [0.1, 0.15) is 18.4 Å². The average Bonchev–Trinajstić information content (AvgIpc) is 2.65. The van der Waals surface area contributed by atoms with Crippen LogP contribution in [-0.2, 0) is 4.79 Å². The van der Waals surface area contributed by atoms with Crippen molar-refractivity contribution in [2.75, 3.05) is 11.9 Å². The van der Waals surface area contributed by atoms with Crippen molar-refractivity contribution in [3.8, 4) is 6.07 Å². The van der Waals surface area contributed by atoms with Gasteiger partial charge >= 0.3 is 6.03 Å². The van der Waals surface area contributed by atoms with E-state index in [0.29, 0.717) is 11.9 Å². The number of rotatable bonds is 4. The molecule has 144 valence electrons. The van der Waals surface area contributed by atoms with Crippen LogP contribution in [0.15, 0.2) is 29.3 Å². The van der Waals surface area contributed by atoms with Crippen LogP contribution in [0.5, 0.6) is 0 Å². The zero-order valence-electron chi connectivity index (χ0n) is 14.3. The molecule has 1 aliphatic heterocycles. The van der Waals surface area contributed by atoms with Crippen molar-refractivity contribution in [1.29, 1.82) is 5.26 Å². The molecular formula is C17H12F3N5O2S. The zero-order chi connectivity index (χ0) is 20.4. The second-order valence-electron chi connectivity index (χ2n) is 5.79. The Kier molecular flexibility index (Phi) is 5.41. The van der Waals surface area contributed by atoms with Crippen LogP contribution in [-0.4, -0.2) is 27.8 Å². The van der Waals surface area contributed by atoms with Crippen LogP contribution in [0.1, 0.15) is 24.2 Å². The summed E-state index contributed by atoms with van der Waals surface area (Å²) in [5.74, 6) is -3.64. The molecule has 0 saturated heterocycles. The van der Waals surface area contributed by atoms with Gasteiger partial charge in [0.05, 0.1) is 27.9 Å². The Morgan fingerprint density at radius 1 is 1.39 bits per heavy atom. The number of amides is 3. The predicted molar refractivity (Wildman–Crippen MR) is 93.4 cm³/mol. The number of aromatic nitrogens is 1. The molecule has 1 unspecified atom stereocenters. The maximum Gasteiger partial charge on any atom is 0.332 e. The van der Waals surface area contributed by atoms with Crippen LogP contribution in [0.2, 0.25) is 0 Å². The van der Waals surface area contributed by atoms with E-state index < -0.39 is 42.0 Å². The first kappa shape index (κ1) is 19.5. The maximum atomic E-state index is 14.0. The van der Waals surface area contributed by atoms with Gasteiger partial charge in [0.2, 0.25) is 5.91 Å². The van der Waals surface area contributed by atoms with E-state index in [4.69, 9.17) is 5.26 Å². The minimum atomic E-state index is -1.13. The molecule has 1 aromatic carbocycles. The molecule has 0 saturated carbocycles. The van der Waals surface area contributed by atoms with Crippen LogP contribution < -0.4 is 10.6 Å². The topological polar surface area (TPSA) is 98.1 Å². The Morgan fingerprint density at radius 3 is 2.82 bits per heavy atom. The van der Waals surface area contributed by atoms with Gasteiger partial charge in [-0.3, -0.25) is 14.1 Å². The molecule has 1 aliphatic rings. The third-order valence-electron chi connectivity index (χ3n) is 3.79. The number of carbonyl (C=O) groups is 2. The second-order valence-corrected chi connectivity index (χ2v) is 6.82. The first-order valence-corrected chi connectivity index (χ1v) is 8.67. The summed E-state index contributed by atoms with van der Waals surface area (Å²) in [7, 11) is 0. The number of hydrogen-bond donors (Lipinski definition) is 2. The van der Waals surface area contributed by atoms with Crippen LogP contribution >= 0.6 is 11.9 Å². The van der Waals surface area contributed by atoms with Crippen LogP contribution in [0.3, 0.4) is 0 Å². The molecule has 0 fully saturated rings. The zero-order valence-corrected chi connectivity index (χ0v) is 15.1. The Labute approximate surface area is 161 Å². The largest absolute Gasteiger partial charge is 0.346 e. The molecule has 7 nitrogen and oxygen atoms in total. The first-order chi connectivity index (χ1) is 13.3. The molecule has 11 heteroatoms. The van der Waals surface area contributed by atoms with E-state index in [2.05, 4.69) is 15.6 Å². The molecule has 2 N–H and O–H groups in total. The highest BCUT2D eigenvalue weighted by Crippen LogP contribution is 2.37. The van der Waals surface area contributed by atoms with Crippen LogP contribution in [0, 0.1) is 28.8 Å². The molecule has 2 heterocycles. The van der Waals surface area contributed by atoms with Crippen molar-refractivity contribution >= 4 is 29.6 Å². The fourth-order valence-electron chi connectivity index (χ4n) is 2.47. The summed E-state index contributed by atoms with van der Waals surface area (Å²) in [6, 6.07) is 3.32. The number of benzene rings is 1. The summed E-state index contributed by atoms with van der Waals surface area (Å²) in [4.78, 5) is 27.9. The summed E-state index contributed by atoms with van der Waals surface area (Å²) in [6.07, 6.45) is 1.17. The average molecular weight is 407 g/mol. The smallest absolute Gasteiger partial charge is 0.332 e. The second kappa shape index (κ2) is 7.77. The van der Waals surface area contributed by atoms with E-state index in [-0.39, 0.29) is 21.8 Å². The van der Waals surface area contributed by atoms with E-state index in [1.165, 1.54) is 19.2 Å². The summed E-state index contributed by atoms with van der Waals surface area (Å²) >= 11 is 0.585. The number of urea groups is 1. The summed E-state index contributed by atoms with van der Waals surface area (Å²) in [6.45, 7) is 0.983. The molecule has 0 bridgehead atoms. The lowest BCUT2D eigenvalue weighted by molar-refractivity contribution is -0.121. The number of halogens is 3. The lowest BCUT2D eigenvalue weighted by Crippen LogP contribution is -2.41. The minimum absolute atomic E-state index is 0.0362. The molecular weight excluding hydrogens is 395 g/mol. The van der Waals surface area contributed by atoms with E-state index in [1.54, 1.807) is 6.07 Å². The number of nitriles is 1. The minimum Gasteiger partial charge on any atom is -0.346 e. The quantitative estimate of drug-likeness (QED) is 0.759. The van der Waals surface area contributed by atoms with Crippen molar-refractivity contribution in [3.63, 3.8) is 0 Å². The van der Waals surface area contributed by atoms with E-state index >= 15 is 0 Å². The normalized spacial score (nSPS) is 14.0. The van der Waals surface area contributed by atoms with Gasteiger partial charge in [-0.05, 0) is 37.1 Å². The van der Waals surface area contributed by atoms with Crippen molar-refractivity contribution in [1.82, 2.24) is 14.6 Å². The Hall–Kier alpha value is -3.26. The monoisotopic (exact) mass is 407 g/mol. The molecule has 2 aromatic rings. The van der Waals surface area contributed by atoms with Gasteiger partial charge in [-0.25, -0.2) is 18.0 Å². The standard InChI is InChI=1S/C17H12F3N5O2S/c1-8(15-11(19)4-9(5-21)6-22-15)23-13(26)7-25-17(27)24-12-3-2-10(18)14(20)16(12)28-25/h2-4,6,8H,7H2,1H3,(H,23,26)(H,24,27). The van der Waals surface area contributed by atoms with Crippen molar-refractivity contribution in [3.05, 3.63) is 53.1 Å². The Morgan fingerprint density at radius 2 is 2.14 bits per heavy atom. The van der Waals surface area contributed by atoms with Crippen molar-refractivity contribution < 1.29 is 22.8 Å². The van der Waals surface area contributed by atoms with Gasteiger partial charge in [-0.2, -0.15) is 5.26 Å². The van der Waals surface area contributed by atoms with Crippen molar-refractivity contribution in [2.45, 2.75) is 17.9 Å². The summed E-state index contributed by atoms with van der Waals surface area (Å²) in [5, 5.41) is 13.6. The van der Waals surface area contributed by atoms with Gasteiger partial charge in [-0.1, -0.05) is 0 Å². The number of anilines is 1. The Balaban J connectivity index is 1.68. The molecule has 3 amide bonds. The van der Waals surface area contributed by atoms with E-state index in [9.17, 15) is 22.8 Å². The third-order valence-corrected chi connectivity index (χ3v) is 4.89. The van der Waals surface area contributed by atoms with E-state index in [0.717, 1.165) is 16.4 Å². The van der Waals surface area contributed by atoms with Crippen LogP contribution in [0.4, 0.5) is 23.7 Å². The molecule has 1 aromatic heterocycles. The van der Waals surface area contributed by atoms with E-state index in [1.807, 2.05) is 0 Å². The molecule has 0 spiro atoms. The lowest BCUT2D eigenvalue weighted by atomic mass is 10.1. The first-order valence-electron chi connectivity index (χ1n) is 7.89. The van der Waals surface area contributed by atoms with Gasteiger partial charge in [0, 0.05) is 6.20 Å². The highest BCUT2D eigenvalue weighted by Gasteiger charge is 2.29. The van der Waals surface area contributed by atoms with Crippen molar-refractivity contribution in [2.24, 2.45) is 0 Å². The lowest BCUT2D eigenvalue weighted by Gasteiger charge is -2.28. The Bertz CT molecular complexity index is 1010. The fourth-order valence-corrected chi connectivity index (χ4v) is 3.39.